The topological polar surface area (TPSA) is 68.3 Å². The molecule has 0 amide bonds. The van der Waals surface area contributed by atoms with Crippen LogP contribution in [0.5, 0.6) is 11.6 Å². The number of halogens is 2. The van der Waals surface area contributed by atoms with Crippen LogP contribution >= 0.6 is 23.2 Å². The van der Waals surface area contributed by atoms with E-state index in [1.807, 2.05) is 24.3 Å². The minimum atomic E-state index is -3.74. The van der Waals surface area contributed by atoms with E-state index in [1.165, 1.54) is 6.07 Å². The number of aromatic nitrogens is 1. The number of nitrogens with one attached hydrogen (secondary N) is 1. The number of anilines is 1. The van der Waals surface area contributed by atoms with Crippen molar-refractivity contribution in [2.45, 2.75) is 31.9 Å². The summed E-state index contributed by atoms with van der Waals surface area (Å²) in [6, 6.07) is 15.6. The van der Waals surface area contributed by atoms with E-state index < -0.39 is 10.0 Å². The molecule has 0 radical (unpaired) electrons. The number of rotatable bonds is 6. The maximum atomic E-state index is 12.7. The fourth-order valence-corrected chi connectivity index (χ4v) is 4.38. The lowest BCUT2D eigenvalue weighted by atomic mass is 9.86. The molecule has 2 aromatic carbocycles. The summed E-state index contributed by atoms with van der Waals surface area (Å²) in [4.78, 5) is 4.23. The van der Waals surface area contributed by atoms with Crippen LogP contribution in [0.2, 0.25) is 10.0 Å². The summed E-state index contributed by atoms with van der Waals surface area (Å²) in [5.74, 6) is 0.525. The van der Waals surface area contributed by atoms with Crippen molar-refractivity contribution in [2.24, 2.45) is 0 Å². The molecule has 30 heavy (non-hydrogen) atoms. The van der Waals surface area contributed by atoms with E-state index in [2.05, 4.69) is 30.5 Å². The summed E-state index contributed by atoms with van der Waals surface area (Å²) >= 11 is 11.9. The van der Waals surface area contributed by atoms with Gasteiger partial charge in [-0.05, 0) is 41.3 Å². The Morgan fingerprint density at radius 3 is 2.43 bits per heavy atom. The van der Waals surface area contributed by atoms with Gasteiger partial charge in [-0.25, -0.2) is 13.4 Å². The van der Waals surface area contributed by atoms with Crippen LogP contribution in [0, 0.1) is 0 Å². The second-order valence-electron chi connectivity index (χ2n) is 7.81. The van der Waals surface area contributed by atoms with Crippen LogP contribution in [-0.2, 0) is 21.2 Å². The molecule has 0 aliphatic heterocycles. The van der Waals surface area contributed by atoms with Crippen LogP contribution in [0.15, 0.2) is 60.8 Å². The lowest BCUT2D eigenvalue weighted by Crippen LogP contribution is -2.16. The first kappa shape index (κ1) is 22.4. The fraction of sp³-hybridized carbons (Fsp3) is 0.227. The third-order valence-electron chi connectivity index (χ3n) is 4.28. The molecule has 5 nitrogen and oxygen atoms in total. The second-order valence-corrected chi connectivity index (χ2v) is 10.4. The molecule has 0 atom stereocenters. The number of hydrogen-bond donors (Lipinski definition) is 1. The average molecular weight is 465 g/mol. The number of ether oxygens (including phenoxy) is 1. The zero-order chi connectivity index (χ0) is 21.9. The first-order chi connectivity index (χ1) is 14.0. The maximum Gasteiger partial charge on any atom is 0.243 e. The van der Waals surface area contributed by atoms with Gasteiger partial charge < -0.3 is 4.74 Å². The highest BCUT2D eigenvalue weighted by Crippen LogP contribution is 2.36. The highest BCUT2D eigenvalue weighted by Gasteiger charge is 2.21. The summed E-state index contributed by atoms with van der Waals surface area (Å²) in [6.45, 7) is 6.23. The Morgan fingerprint density at radius 1 is 1.00 bits per heavy atom. The van der Waals surface area contributed by atoms with Gasteiger partial charge in [0.25, 0.3) is 0 Å². The third kappa shape index (κ3) is 5.65. The Morgan fingerprint density at radius 2 is 1.73 bits per heavy atom. The molecule has 158 valence electrons. The van der Waals surface area contributed by atoms with Gasteiger partial charge in [-0.3, -0.25) is 4.72 Å². The van der Waals surface area contributed by atoms with Crippen LogP contribution in [-0.4, -0.2) is 13.4 Å². The van der Waals surface area contributed by atoms with Crippen molar-refractivity contribution in [3.63, 3.8) is 0 Å². The van der Waals surface area contributed by atoms with Gasteiger partial charge in [0.2, 0.25) is 15.9 Å². The summed E-state index contributed by atoms with van der Waals surface area (Å²) < 4.78 is 34.0. The Kier molecular flexibility index (Phi) is 6.60. The minimum absolute atomic E-state index is 0.154. The van der Waals surface area contributed by atoms with E-state index >= 15 is 0 Å². The van der Waals surface area contributed by atoms with E-state index in [0.717, 1.165) is 5.56 Å². The normalized spacial score (nSPS) is 11.9. The maximum absolute atomic E-state index is 12.7. The Bertz CT molecular complexity index is 1160. The number of pyridine rings is 1. The number of benzene rings is 2. The predicted octanol–water partition coefficient (Wildman–Crippen LogP) is 6.42. The largest absolute Gasteiger partial charge is 0.437 e. The molecule has 1 aromatic heterocycles. The first-order valence-corrected chi connectivity index (χ1v) is 11.6. The van der Waals surface area contributed by atoms with Gasteiger partial charge in [0, 0.05) is 11.8 Å². The highest BCUT2D eigenvalue weighted by atomic mass is 35.5. The van der Waals surface area contributed by atoms with E-state index in [1.54, 1.807) is 30.5 Å². The zero-order valence-corrected chi connectivity index (χ0v) is 19.1. The van der Waals surface area contributed by atoms with Crippen molar-refractivity contribution in [3.05, 3.63) is 82.0 Å². The molecule has 3 aromatic rings. The molecular weight excluding hydrogens is 443 g/mol. The smallest absolute Gasteiger partial charge is 0.243 e. The van der Waals surface area contributed by atoms with Gasteiger partial charge in [-0.1, -0.05) is 68.2 Å². The van der Waals surface area contributed by atoms with Crippen molar-refractivity contribution in [3.8, 4) is 11.6 Å². The molecule has 1 N–H and O–H groups in total. The monoisotopic (exact) mass is 464 g/mol. The highest BCUT2D eigenvalue weighted by molar-refractivity contribution is 7.91. The number of hydrogen-bond acceptors (Lipinski definition) is 4. The molecule has 0 aliphatic rings. The lowest BCUT2D eigenvalue weighted by Gasteiger charge is -2.22. The molecule has 1 heterocycles. The number of sulfonamides is 1. The van der Waals surface area contributed by atoms with Crippen molar-refractivity contribution in [2.75, 3.05) is 4.72 Å². The average Bonchev–Trinajstić information content (AvgIpc) is 2.65. The summed E-state index contributed by atoms with van der Waals surface area (Å²) in [5, 5.41) is 0.666. The Labute approximate surface area is 187 Å². The Hall–Kier alpha value is -2.28. The zero-order valence-electron chi connectivity index (χ0n) is 16.8. The SMILES string of the molecule is CC(C)(C)c1ccccc1Oc1ncccc1NS(=O)(=O)Cc1ccc(Cl)c(Cl)c1. The first-order valence-electron chi connectivity index (χ1n) is 9.22. The van der Waals surface area contributed by atoms with E-state index in [4.69, 9.17) is 27.9 Å². The summed E-state index contributed by atoms with van der Waals surface area (Å²) in [5.41, 5.74) is 1.60. The van der Waals surface area contributed by atoms with Gasteiger partial charge in [-0.15, -0.1) is 0 Å². The summed E-state index contributed by atoms with van der Waals surface area (Å²) in [6.07, 6.45) is 1.55. The van der Waals surface area contributed by atoms with Gasteiger partial charge in [0.1, 0.15) is 11.4 Å². The van der Waals surface area contributed by atoms with Crippen molar-refractivity contribution in [1.29, 1.82) is 0 Å². The molecule has 8 heteroatoms. The number of para-hydroxylation sites is 1. The molecule has 0 spiro atoms. The molecule has 0 bridgehead atoms. The van der Waals surface area contributed by atoms with Gasteiger partial charge in [0.05, 0.1) is 15.8 Å². The van der Waals surface area contributed by atoms with Crippen LogP contribution in [0.1, 0.15) is 31.9 Å². The molecule has 0 aliphatic carbocycles. The molecular formula is C22H22Cl2N2O3S. The van der Waals surface area contributed by atoms with Crippen LogP contribution in [0.4, 0.5) is 5.69 Å². The van der Waals surface area contributed by atoms with Crippen molar-refractivity contribution in [1.82, 2.24) is 4.98 Å². The van der Waals surface area contributed by atoms with Crippen molar-refractivity contribution >= 4 is 38.9 Å². The Balaban J connectivity index is 1.86. The summed E-state index contributed by atoms with van der Waals surface area (Å²) in [7, 11) is -3.74. The lowest BCUT2D eigenvalue weighted by molar-refractivity contribution is 0.442. The van der Waals surface area contributed by atoms with E-state index in [-0.39, 0.29) is 22.7 Å². The quantitative estimate of drug-likeness (QED) is 0.456. The number of nitrogens with zero attached hydrogens (tertiary/aromatic N) is 1. The van der Waals surface area contributed by atoms with Gasteiger partial charge in [0.15, 0.2) is 0 Å². The van der Waals surface area contributed by atoms with Crippen LogP contribution in [0.3, 0.4) is 0 Å². The third-order valence-corrected chi connectivity index (χ3v) is 6.26. The fourth-order valence-electron chi connectivity index (χ4n) is 2.88. The van der Waals surface area contributed by atoms with Crippen LogP contribution < -0.4 is 9.46 Å². The molecule has 0 fully saturated rings. The minimum Gasteiger partial charge on any atom is -0.437 e. The standard InChI is InChI=1S/C22H22Cl2N2O3S/c1-22(2,3)16-7-4-5-9-20(16)29-21-19(8-6-12-25-21)26-30(27,28)14-15-10-11-17(23)18(24)13-15/h4-13,26H,14H2,1-3H3. The van der Waals surface area contributed by atoms with E-state index in [9.17, 15) is 8.42 Å². The molecule has 0 saturated carbocycles. The molecule has 0 saturated heterocycles. The van der Waals surface area contributed by atoms with E-state index in [0.29, 0.717) is 21.4 Å². The van der Waals surface area contributed by atoms with Crippen molar-refractivity contribution < 1.29 is 13.2 Å². The van der Waals surface area contributed by atoms with Gasteiger partial charge >= 0.3 is 0 Å². The van der Waals surface area contributed by atoms with Gasteiger partial charge in [-0.2, -0.15) is 0 Å². The van der Waals surface area contributed by atoms with Crippen LogP contribution in [0.25, 0.3) is 0 Å². The predicted molar refractivity (Wildman–Crippen MR) is 122 cm³/mol. The molecule has 3 rings (SSSR count). The molecule has 0 unspecified atom stereocenters. The second kappa shape index (κ2) is 8.84.